The van der Waals surface area contributed by atoms with Gasteiger partial charge in [0.05, 0.1) is 19.9 Å². The Labute approximate surface area is 137 Å². The second-order valence-corrected chi connectivity index (χ2v) is 4.85. The second kappa shape index (κ2) is 6.45. The van der Waals surface area contributed by atoms with Crippen molar-refractivity contribution in [3.05, 3.63) is 48.3 Å². The Balaban J connectivity index is 1.93. The van der Waals surface area contributed by atoms with Crippen molar-refractivity contribution in [1.82, 2.24) is 14.8 Å². The van der Waals surface area contributed by atoms with Crippen molar-refractivity contribution in [3.63, 3.8) is 0 Å². The topological polar surface area (TPSA) is 87.2 Å². The second-order valence-electron chi connectivity index (χ2n) is 4.85. The standard InChI is InChI=1S/C16H16FN5O2/c1-23-10-7-8-12(14(9-10)24-2)19-16-20-15(18)22(21-16)13-6-4-3-5-11(13)17/h3-9H,1-2H3,(H3,18,19,20,21). The third kappa shape index (κ3) is 2.94. The van der Waals surface area contributed by atoms with E-state index in [1.807, 2.05) is 0 Å². The number of anilines is 3. The van der Waals surface area contributed by atoms with Gasteiger partial charge in [0.2, 0.25) is 11.9 Å². The number of nitrogen functional groups attached to an aromatic ring is 1. The van der Waals surface area contributed by atoms with Crippen molar-refractivity contribution in [2.75, 3.05) is 25.3 Å². The highest BCUT2D eigenvalue weighted by atomic mass is 19.1. The molecule has 0 fully saturated rings. The van der Waals surface area contributed by atoms with Crippen LogP contribution in [-0.2, 0) is 0 Å². The van der Waals surface area contributed by atoms with Gasteiger partial charge in [-0.1, -0.05) is 12.1 Å². The Morgan fingerprint density at radius 2 is 1.92 bits per heavy atom. The molecule has 0 radical (unpaired) electrons. The highest BCUT2D eigenvalue weighted by molar-refractivity contribution is 5.65. The Morgan fingerprint density at radius 3 is 2.62 bits per heavy atom. The molecule has 3 aromatic rings. The molecule has 2 aromatic carbocycles. The molecule has 24 heavy (non-hydrogen) atoms. The van der Waals surface area contributed by atoms with Crippen LogP contribution in [0.4, 0.5) is 22.0 Å². The molecule has 0 unspecified atom stereocenters. The number of benzene rings is 2. The van der Waals surface area contributed by atoms with Gasteiger partial charge in [0, 0.05) is 6.07 Å². The van der Waals surface area contributed by atoms with Gasteiger partial charge in [0.1, 0.15) is 23.0 Å². The molecule has 8 heteroatoms. The molecule has 7 nitrogen and oxygen atoms in total. The predicted octanol–water partition coefficient (Wildman–Crippen LogP) is 2.75. The summed E-state index contributed by atoms with van der Waals surface area (Å²) in [6.45, 7) is 0. The highest BCUT2D eigenvalue weighted by Gasteiger charge is 2.14. The van der Waals surface area contributed by atoms with Gasteiger partial charge in [-0.25, -0.2) is 4.39 Å². The first kappa shape index (κ1) is 15.6. The number of para-hydroxylation sites is 1. The number of hydrogen-bond acceptors (Lipinski definition) is 6. The number of rotatable bonds is 5. The van der Waals surface area contributed by atoms with Crippen molar-refractivity contribution in [2.45, 2.75) is 0 Å². The van der Waals surface area contributed by atoms with Crippen LogP contribution >= 0.6 is 0 Å². The van der Waals surface area contributed by atoms with E-state index in [0.717, 1.165) is 0 Å². The highest BCUT2D eigenvalue weighted by Crippen LogP contribution is 2.31. The maximum Gasteiger partial charge on any atom is 0.248 e. The fraction of sp³-hybridized carbons (Fsp3) is 0.125. The molecule has 0 saturated heterocycles. The van der Waals surface area contributed by atoms with Gasteiger partial charge >= 0.3 is 0 Å². The van der Waals surface area contributed by atoms with Crippen LogP contribution in [-0.4, -0.2) is 29.0 Å². The number of nitrogens with two attached hydrogens (primary N) is 1. The number of nitrogens with one attached hydrogen (secondary N) is 1. The summed E-state index contributed by atoms with van der Waals surface area (Å²) in [5.74, 6) is 1.05. The number of halogens is 1. The largest absolute Gasteiger partial charge is 0.497 e. The van der Waals surface area contributed by atoms with Crippen LogP contribution < -0.4 is 20.5 Å². The fourth-order valence-electron chi connectivity index (χ4n) is 2.20. The lowest BCUT2D eigenvalue weighted by Gasteiger charge is -2.10. The average Bonchev–Trinajstić information content (AvgIpc) is 2.96. The van der Waals surface area contributed by atoms with Gasteiger partial charge in [-0.3, -0.25) is 0 Å². The Hall–Kier alpha value is -3.29. The summed E-state index contributed by atoms with van der Waals surface area (Å²) in [4.78, 5) is 4.11. The normalized spacial score (nSPS) is 10.5. The lowest BCUT2D eigenvalue weighted by atomic mass is 10.2. The first-order valence-corrected chi connectivity index (χ1v) is 7.09. The molecule has 0 aliphatic heterocycles. The SMILES string of the molecule is COc1ccc(Nc2nc(N)n(-c3ccccc3F)n2)c(OC)c1. The van der Waals surface area contributed by atoms with Crippen LogP contribution in [0, 0.1) is 5.82 Å². The van der Waals surface area contributed by atoms with Gasteiger partial charge in [-0.05, 0) is 24.3 Å². The maximum absolute atomic E-state index is 13.9. The monoisotopic (exact) mass is 329 g/mol. The molecule has 1 aromatic heterocycles. The van der Waals surface area contributed by atoms with Gasteiger partial charge in [0.25, 0.3) is 0 Å². The lowest BCUT2D eigenvalue weighted by Crippen LogP contribution is -2.04. The summed E-state index contributed by atoms with van der Waals surface area (Å²) in [5.41, 5.74) is 6.69. The minimum atomic E-state index is -0.442. The van der Waals surface area contributed by atoms with Crippen LogP contribution in [0.15, 0.2) is 42.5 Å². The molecule has 0 spiro atoms. The third-order valence-electron chi connectivity index (χ3n) is 3.37. The first-order valence-electron chi connectivity index (χ1n) is 7.09. The van der Waals surface area contributed by atoms with E-state index < -0.39 is 5.82 Å². The van der Waals surface area contributed by atoms with E-state index in [1.54, 1.807) is 50.6 Å². The number of hydrogen-bond donors (Lipinski definition) is 2. The smallest absolute Gasteiger partial charge is 0.248 e. The number of aromatic nitrogens is 3. The Kier molecular flexibility index (Phi) is 4.19. The first-order chi connectivity index (χ1) is 11.6. The molecule has 0 atom stereocenters. The number of methoxy groups -OCH3 is 2. The molecular weight excluding hydrogens is 313 g/mol. The molecule has 0 amide bonds. The van der Waals surface area contributed by atoms with Crippen molar-refractivity contribution in [1.29, 1.82) is 0 Å². The quantitative estimate of drug-likeness (QED) is 0.748. The van der Waals surface area contributed by atoms with E-state index in [4.69, 9.17) is 15.2 Å². The van der Waals surface area contributed by atoms with Gasteiger partial charge < -0.3 is 20.5 Å². The van der Waals surface area contributed by atoms with E-state index in [-0.39, 0.29) is 17.6 Å². The summed E-state index contributed by atoms with van der Waals surface area (Å²) < 4.78 is 25.6. The average molecular weight is 329 g/mol. The Bertz CT molecular complexity index is 865. The molecule has 0 saturated carbocycles. The zero-order valence-corrected chi connectivity index (χ0v) is 13.2. The predicted molar refractivity (Wildman–Crippen MR) is 88.6 cm³/mol. The summed E-state index contributed by atoms with van der Waals surface area (Å²) in [6.07, 6.45) is 0. The van der Waals surface area contributed by atoms with E-state index in [0.29, 0.717) is 17.2 Å². The zero-order chi connectivity index (χ0) is 17.1. The number of nitrogens with zero attached hydrogens (tertiary/aromatic N) is 3. The summed E-state index contributed by atoms with van der Waals surface area (Å²) in [5, 5.41) is 7.20. The van der Waals surface area contributed by atoms with E-state index >= 15 is 0 Å². The Morgan fingerprint density at radius 1 is 1.12 bits per heavy atom. The third-order valence-corrected chi connectivity index (χ3v) is 3.37. The molecule has 3 rings (SSSR count). The van der Waals surface area contributed by atoms with Gasteiger partial charge in [-0.2, -0.15) is 9.67 Å². The number of ether oxygens (including phenoxy) is 2. The van der Waals surface area contributed by atoms with Crippen molar-refractivity contribution in [2.24, 2.45) is 0 Å². The zero-order valence-electron chi connectivity index (χ0n) is 13.2. The lowest BCUT2D eigenvalue weighted by molar-refractivity contribution is 0.395. The molecule has 0 aliphatic rings. The van der Waals surface area contributed by atoms with Crippen LogP contribution in [0.5, 0.6) is 11.5 Å². The minimum absolute atomic E-state index is 0.0649. The van der Waals surface area contributed by atoms with E-state index in [2.05, 4.69) is 15.4 Å². The van der Waals surface area contributed by atoms with Crippen LogP contribution in [0.2, 0.25) is 0 Å². The van der Waals surface area contributed by atoms with E-state index in [9.17, 15) is 4.39 Å². The molecular formula is C16H16FN5O2. The van der Waals surface area contributed by atoms with Gasteiger partial charge in [-0.15, -0.1) is 5.10 Å². The van der Waals surface area contributed by atoms with Gasteiger partial charge in [0.15, 0.2) is 0 Å². The van der Waals surface area contributed by atoms with Crippen LogP contribution in [0.25, 0.3) is 5.69 Å². The molecule has 124 valence electrons. The molecule has 1 heterocycles. The molecule has 0 bridgehead atoms. The van der Waals surface area contributed by atoms with Crippen LogP contribution in [0.3, 0.4) is 0 Å². The van der Waals surface area contributed by atoms with Crippen LogP contribution in [0.1, 0.15) is 0 Å². The van der Waals surface area contributed by atoms with Crippen molar-refractivity contribution < 1.29 is 13.9 Å². The summed E-state index contributed by atoms with van der Waals surface area (Å²) in [6, 6.07) is 11.4. The van der Waals surface area contributed by atoms with Crippen molar-refractivity contribution in [3.8, 4) is 17.2 Å². The fourth-order valence-corrected chi connectivity index (χ4v) is 2.20. The summed E-state index contributed by atoms with van der Waals surface area (Å²) in [7, 11) is 3.11. The van der Waals surface area contributed by atoms with E-state index in [1.165, 1.54) is 10.7 Å². The maximum atomic E-state index is 13.9. The minimum Gasteiger partial charge on any atom is -0.497 e. The molecule has 0 aliphatic carbocycles. The van der Waals surface area contributed by atoms with Crippen molar-refractivity contribution >= 4 is 17.6 Å². The summed E-state index contributed by atoms with van der Waals surface area (Å²) >= 11 is 0. The molecule has 3 N–H and O–H groups in total.